The maximum atomic E-state index is 12.7. The summed E-state index contributed by atoms with van der Waals surface area (Å²) < 4.78 is 5.05. The Labute approximate surface area is 145 Å². The fraction of sp³-hybridized carbons (Fsp3) is 0.471. The molecule has 8 heteroatoms. The van der Waals surface area contributed by atoms with Gasteiger partial charge in [-0.3, -0.25) is 14.4 Å². The van der Waals surface area contributed by atoms with E-state index >= 15 is 0 Å². The summed E-state index contributed by atoms with van der Waals surface area (Å²) in [6, 6.07) is 6.45. The maximum absolute atomic E-state index is 12.7. The van der Waals surface area contributed by atoms with Gasteiger partial charge in [0.05, 0.1) is 32.2 Å². The third kappa shape index (κ3) is 4.34. The standard InChI is InChI=1S/C17H22N2O6/c1-25-11-4-2-10(3-5-11)15(22)12-13(16(23)18-6-8-20)14(12)17(24)19-7-9-21/h2-5,12-14,20-21H,6-9H2,1H3,(H,18,23)(H,19,24)/t12?,13-,14+. The summed E-state index contributed by atoms with van der Waals surface area (Å²) >= 11 is 0. The van der Waals surface area contributed by atoms with Gasteiger partial charge >= 0.3 is 0 Å². The summed E-state index contributed by atoms with van der Waals surface area (Å²) in [5, 5.41) is 22.6. The van der Waals surface area contributed by atoms with Gasteiger partial charge in [0, 0.05) is 24.6 Å². The Balaban J connectivity index is 2.14. The fourth-order valence-corrected chi connectivity index (χ4v) is 2.83. The van der Waals surface area contributed by atoms with Gasteiger partial charge in [0.25, 0.3) is 0 Å². The van der Waals surface area contributed by atoms with Crippen molar-refractivity contribution < 1.29 is 29.3 Å². The number of carbonyl (C=O) groups is 3. The molecule has 1 saturated carbocycles. The molecule has 136 valence electrons. The Kier molecular flexibility index (Phi) is 6.49. The van der Waals surface area contributed by atoms with Crippen LogP contribution in [-0.2, 0) is 9.59 Å². The molecule has 0 aromatic heterocycles. The predicted octanol–water partition coefficient (Wildman–Crippen LogP) is -1.04. The molecule has 2 amide bonds. The number of ketones is 1. The van der Waals surface area contributed by atoms with E-state index in [-0.39, 0.29) is 32.1 Å². The quantitative estimate of drug-likeness (QED) is 0.422. The zero-order valence-corrected chi connectivity index (χ0v) is 13.9. The smallest absolute Gasteiger partial charge is 0.224 e. The Hall–Kier alpha value is -2.45. The van der Waals surface area contributed by atoms with E-state index in [1.54, 1.807) is 24.3 Å². The van der Waals surface area contributed by atoms with Crippen LogP contribution in [0.4, 0.5) is 0 Å². The lowest BCUT2D eigenvalue weighted by Crippen LogP contribution is -2.32. The first kappa shape index (κ1) is 18.9. The van der Waals surface area contributed by atoms with Gasteiger partial charge in [0.2, 0.25) is 11.8 Å². The second-order valence-electron chi connectivity index (χ2n) is 5.70. The number of Topliss-reactive ketones (excluding diaryl/α,β-unsaturated/α-hetero) is 1. The number of ether oxygens (including phenoxy) is 1. The van der Waals surface area contributed by atoms with Gasteiger partial charge in [-0.05, 0) is 24.3 Å². The normalized spacial score (nSPS) is 21.3. The zero-order chi connectivity index (χ0) is 18.4. The lowest BCUT2D eigenvalue weighted by Gasteiger charge is -2.03. The first-order valence-electron chi connectivity index (χ1n) is 8.00. The Morgan fingerprint density at radius 2 is 1.40 bits per heavy atom. The van der Waals surface area contributed by atoms with Gasteiger partial charge in [-0.2, -0.15) is 0 Å². The van der Waals surface area contributed by atoms with Crippen LogP contribution in [-0.4, -0.2) is 61.2 Å². The lowest BCUT2D eigenvalue weighted by atomic mass is 10.0. The lowest BCUT2D eigenvalue weighted by molar-refractivity contribution is -0.127. The van der Waals surface area contributed by atoms with Crippen molar-refractivity contribution in [3.05, 3.63) is 29.8 Å². The molecule has 1 fully saturated rings. The number of aliphatic hydroxyl groups is 2. The molecular weight excluding hydrogens is 328 g/mol. The van der Waals surface area contributed by atoms with E-state index in [4.69, 9.17) is 14.9 Å². The van der Waals surface area contributed by atoms with Gasteiger partial charge in [0.1, 0.15) is 5.75 Å². The highest BCUT2D eigenvalue weighted by molar-refractivity contribution is 6.09. The van der Waals surface area contributed by atoms with Gasteiger partial charge in [-0.15, -0.1) is 0 Å². The molecule has 4 N–H and O–H groups in total. The van der Waals surface area contributed by atoms with Gasteiger partial charge in [-0.25, -0.2) is 0 Å². The minimum Gasteiger partial charge on any atom is -0.497 e. The number of carbonyl (C=O) groups excluding carboxylic acids is 3. The highest BCUT2D eigenvalue weighted by Crippen LogP contribution is 2.48. The molecule has 1 aromatic rings. The van der Waals surface area contributed by atoms with Crippen molar-refractivity contribution >= 4 is 17.6 Å². The van der Waals surface area contributed by atoms with Crippen LogP contribution in [0.15, 0.2) is 24.3 Å². The van der Waals surface area contributed by atoms with Crippen LogP contribution in [0.3, 0.4) is 0 Å². The van der Waals surface area contributed by atoms with Gasteiger partial charge in [-0.1, -0.05) is 0 Å². The number of amides is 2. The van der Waals surface area contributed by atoms with Crippen LogP contribution in [0.5, 0.6) is 5.75 Å². The van der Waals surface area contributed by atoms with Crippen molar-refractivity contribution in [3.8, 4) is 5.75 Å². The van der Waals surface area contributed by atoms with E-state index in [2.05, 4.69) is 10.6 Å². The van der Waals surface area contributed by atoms with E-state index in [0.717, 1.165) is 0 Å². The molecule has 0 aliphatic heterocycles. The minimum atomic E-state index is -0.778. The molecule has 0 spiro atoms. The van der Waals surface area contributed by atoms with Crippen molar-refractivity contribution in [1.29, 1.82) is 0 Å². The molecule has 0 heterocycles. The van der Waals surface area contributed by atoms with Crippen LogP contribution >= 0.6 is 0 Å². The van der Waals surface area contributed by atoms with Crippen LogP contribution in [0.2, 0.25) is 0 Å². The van der Waals surface area contributed by atoms with Gasteiger partial charge in [0.15, 0.2) is 5.78 Å². The first-order valence-corrected chi connectivity index (χ1v) is 8.00. The zero-order valence-electron chi connectivity index (χ0n) is 13.9. The van der Waals surface area contributed by atoms with Crippen molar-refractivity contribution in [2.24, 2.45) is 17.8 Å². The largest absolute Gasteiger partial charge is 0.497 e. The Bertz CT molecular complexity index is 605. The Morgan fingerprint density at radius 3 is 1.80 bits per heavy atom. The fourth-order valence-electron chi connectivity index (χ4n) is 2.83. The molecule has 0 bridgehead atoms. The van der Waals surface area contributed by atoms with Crippen molar-refractivity contribution in [3.63, 3.8) is 0 Å². The monoisotopic (exact) mass is 350 g/mol. The summed E-state index contributed by atoms with van der Waals surface area (Å²) in [5.74, 6) is -2.89. The minimum absolute atomic E-state index is 0.0593. The summed E-state index contributed by atoms with van der Waals surface area (Å²) in [6.07, 6.45) is 0. The molecule has 8 nitrogen and oxygen atoms in total. The number of aliphatic hydroxyl groups excluding tert-OH is 2. The Morgan fingerprint density at radius 1 is 0.920 bits per heavy atom. The molecule has 0 saturated heterocycles. The molecule has 1 aliphatic carbocycles. The van der Waals surface area contributed by atoms with Crippen LogP contribution < -0.4 is 15.4 Å². The SMILES string of the molecule is COc1ccc(C(=O)C2[C@@H](C(=O)NCCO)[C@H]2C(=O)NCCO)cc1. The average molecular weight is 350 g/mol. The van der Waals surface area contributed by atoms with E-state index in [1.165, 1.54) is 7.11 Å². The second-order valence-corrected chi connectivity index (χ2v) is 5.70. The highest BCUT2D eigenvalue weighted by atomic mass is 16.5. The first-order chi connectivity index (χ1) is 12.0. The third-order valence-corrected chi connectivity index (χ3v) is 4.12. The summed E-state index contributed by atoms with van der Waals surface area (Å²) in [5.41, 5.74) is 0.392. The number of hydrogen-bond donors (Lipinski definition) is 4. The number of methoxy groups -OCH3 is 1. The molecule has 2 rings (SSSR count). The highest BCUT2D eigenvalue weighted by Gasteiger charge is 2.62. The van der Waals surface area contributed by atoms with E-state index in [0.29, 0.717) is 11.3 Å². The maximum Gasteiger partial charge on any atom is 0.224 e. The van der Waals surface area contributed by atoms with Crippen LogP contribution in [0, 0.1) is 17.8 Å². The summed E-state index contributed by atoms with van der Waals surface area (Å²) in [6.45, 7) is -0.332. The van der Waals surface area contributed by atoms with Crippen LogP contribution in [0.1, 0.15) is 10.4 Å². The summed E-state index contributed by atoms with van der Waals surface area (Å²) in [4.78, 5) is 37.0. The molecule has 0 radical (unpaired) electrons. The average Bonchev–Trinajstić information content (AvgIpc) is 3.39. The third-order valence-electron chi connectivity index (χ3n) is 4.12. The molecule has 3 atom stereocenters. The molecule has 25 heavy (non-hydrogen) atoms. The topological polar surface area (TPSA) is 125 Å². The molecule has 1 unspecified atom stereocenters. The number of benzene rings is 1. The molecule has 1 aliphatic rings. The van der Waals surface area contributed by atoms with Crippen molar-refractivity contribution in [2.75, 3.05) is 33.4 Å². The summed E-state index contributed by atoms with van der Waals surface area (Å²) in [7, 11) is 1.51. The number of hydrogen-bond acceptors (Lipinski definition) is 6. The van der Waals surface area contributed by atoms with Crippen LogP contribution in [0.25, 0.3) is 0 Å². The van der Waals surface area contributed by atoms with Crippen molar-refractivity contribution in [1.82, 2.24) is 10.6 Å². The van der Waals surface area contributed by atoms with Gasteiger partial charge < -0.3 is 25.6 Å². The van der Waals surface area contributed by atoms with Crippen molar-refractivity contribution in [2.45, 2.75) is 0 Å². The second kappa shape index (κ2) is 8.59. The number of rotatable bonds is 9. The van der Waals surface area contributed by atoms with E-state index in [9.17, 15) is 14.4 Å². The number of nitrogens with one attached hydrogen (secondary N) is 2. The predicted molar refractivity (Wildman–Crippen MR) is 88.0 cm³/mol. The molecular formula is C17H22N2O6. The molecule has 1 aromatic carbocycles. The van der Waals surface area contributed by atoms with E-state index in [1.807, 2.05) is 0 Å². The van der Waals surface area contributed by atoms with E-state index < -0.39 is 29.6 Å².